The minimum Gasteiger partial charge on any atom is -0.383 e. The Balaban J connectivity index is 2.26. The average Bonchev–Trinajstić information content (AvgIpc) is 2.31. The number of aryl methyl sites for hydroxylation is 1. The Labute approximate surface area is 109 Å². The molecular formula is C13H20N2O2S. The molecule has 0 amide bonds. The van der Waals surface area contributed by atoms with Crippen LogP contribution in [0, 0.1) is 6.92 Å². The Morgan fingerprint density at radius 3 is 2.78 bits per heavy atom. The van der Waals surface area contributed by atoms with Gasteiger partial charge in [0, 0.05) is 12.5 Å². The normalized spacial score (nSPS) is 25.0. The fraction of sp³-hybridized carbons (Fsp3) is 0.615. The zero-order chi connectivity index (χ0) is 13.3. The van der Waals surface area contributed by atoms with Gasteiger partial charge in [-0.25, -0.2) is 13.4 Å². The van der Waals surface area contributed by atoms with Crippen LogP contribution in [0.5, 0.6) is 0 Å². The molecule has 1 aliphatic carbocycles. The quantitative estimate of drug-likeness (QED) is 0.891. The summed E-state index contributed by atoms with van der Waals surface area (Å²) in [6.07, 6.45) is 6.47. The molecule has 2 N–H and O–H groups in total. The van der Waals surface area contributed by atoms with E-state index in [2.05, 4.69) is 4.98 Å². The first-order chi connectivity index (χ1) is 8.38. The number of rotatable bonds is 2. The number of sulfone groups is 1. The maximum absolute atomic E-state index is 11.7. The van der Waals surface area contributed by atoms with Crippen molar-refractivity contribution in [3.05, 3.63) is 23.4 Å². The van der Waals surface area contributed by atoms with Gasteiger partial charge in [0.15, 0.2) is 0 Å². The smallest absolute Gasteiger partial charge is 0.150 e. The van der Waals surface area contributed by atoms with E-state index < -0.39 is 9.84 Å². The first-order valence-corrected chi connectivity index (χ1v) is 8.24. The number of hydrogen-bond donors (Lipinski definition) is 1. The van der Waals surface area contributed by atoms with Crippen molar-refractivity contribution in [3.8, 4) is 0 Å². The lowest BCUT2D eigenvalue weighted by Crippen LogP contribution is -2.27. The Morgan fingerprint density at radius 2 is 2.11 bits per heavy atom. The van der Waals surface area contributed by atoms with Crippen molar-refractivity contribution < 1.29 is 8.42 Å². The third-order valence-corrected chi connectivity index (χ3v) is 5.40. The molecule has 5 heteroatoms. The summed E-state index contributed by atoms with van der Waals surface area (Å²) in [5, 5.41) is -0.226. The summed E-state index contributed by atoms with van der Waals surface area (Å²) in [7, 11) is -2.95. The Kier molecular flexibility index (Phi) is 3.61. The highest BCUT2D eigenvalue weighted by Crippen LogP contribution is 2.37. The van der Waals surface area contributed by atoms with Crippen LogP contribution in [0.2, 0.25) is 0 Å². The van der Waals surface area contributed by atoms with Gasteiger partial charge in [-0.1, -0.05) is 12.5 Å². The molecule has 1 heterocycles. The molecule has 0 spiro atoms. The van der Waals surface area contributed by atoms with Crippen LogP contribution in [0.4, 0.5) is 5.82 Å². The lowest BCUT2D eigenvalue weighted by molar-refractivity contribution is 0.436. The molecule has 1 saturated carbocycles. The summed E-state index contributed by atoms with van der Waals surface area (Å²) in [6, 6.07) is 2.04. The molecule has 4 nitrogen and oxygen atoms in total. The second kappa shape index (κ2) is 4.88. The molecule has 0 saturated heterocycles. The van der Waals surface area contributed by atoms with Gasteiger partial charge >= 0.3 is 0 Å². The van der Waals surface area contributed by atoms with E-state index in [4.69, 9.17) is 5.73 Å². The van der Waals surface area contributed by atoms with E-state index in [1.165, 1.54) is 6.26 Å². The third-order valence-electron chi connectivity index (χ3n) is 3.76. The second-order valence-electron chi connectivity index (χ2n) is 5.30. The fourth-order valence-electron chi connectivity index (χ4n) is 2.75. The summed E-state index contributed by atoms with van der Waals surface area (Å²) in [5.74, 6) is 0.769. The standard InChI is InChI=1S/C13H20N2O2S/c1-9-6-12(13(14)15-8-9)10-4-3-5-11(7-10)18(2,16)17/h6,8,10-11H,3-5,7H2,1-2H3,(H2,14,15). The van der Waals surface area contributed by atoms with Gasteiger partial charge in [0.1, 0.15) is 15.7 Å². The van der Waals surface area contributed by atoms with E-state index in [1.54, 1.807) is 6.20 Å². The van der Waals surface area contributed by atoms with E-state index in [9.17, 15) is 8.42 Å². The molecule has 1 fully saturated rings. The predicted octanol–water partition coefficient (Wildman–Crippen LogP) is 2.04. The predicted molar refractivity (Wildman–Crippen MR) is 73.2 cm³/mol. The highest BCUT2D eigenvalue weighted by Gasteiger charge is 2.30. The molecular weight excluding hydrogens is 248 g/mol. The zero-order valence-corrected chi connectivity index (χ0v) is 11.7. The molecule has 2 atom stereocenters. The minimum atomic E-state index is -2.95. The van der Waals surface area contributed by atoms with E-state index in [1.807, 2.05) is 13.0 Å². The molecule has 0 aromatic carbocycles. The van der Waals surface area contributed by atoms with Crippen molar-refractivity contribution in [1.82, 2.24) is 4.98 Å². The van der Waals surface area contributed by atoms with E-state index in [0.717, 1.165) is 30.4 Å². The lowest BCUT2D eigenvalue weighted by Gasteiger charge is -2.28. The third kappa shape index (κ3) is 2.83. The number of nitrogens with two attached hydrogens (primary N) is 1. The van der Waals surface area contributed by atoms with Crippen molar-refractivity contribution in [2.45, 2.75) is 43.8 Å². The van der Waals surface area contributed by atoms with E-state index >= 15 is 0 Å². The summed E-state index contributed by atoms with van der Waals surface area (Å²) in [4.78, 5) is 4.17. The maximum atomic E-state index is 11.7. The van der Waals surface area contributed by atoms with Gasteiger partial charge in [-0.05, 0) is 43.2 Å². The van der Waals surface area contributed by atoms with Gasteiger partial charge in [-0.15, -0.1) is 0 Å². The Morgan fingerprint density at radius 1 is 1.39 bits per heavy atom. The molecule has 1 aliphatic rings. The summed E-state index contributed by atoms with van der Waals surface area (Å²) in [5.41, 5.74) is 8.00. The number of nitrogen functional groups attached to an aromatic ring is 1. The van der Waals surface area contributed by atoms with Crippen LogP contribution in [-0.4, -0.2) is 24.9 Å². The number of hydrogen-bond acceptors (Lipinski definition) is 4. The summed E-state index contributed by atoms with van der Waals surface area (Å²) >= 11 is 0. The van der Waals surface area contributed by atoms with Crippen molar-refractivity contribution in [2.75, 3.05) is 12.0 Å². The van der Waals surface area contributed by atoms with Crippen LogP contribution in [0.25, 0.3) is 0 Å². The minimum absolute atomic E-state index is 0.226. The van der Waals surface area contributed by atoms with Crippen LogP contribution in [0.15, 0.2) is 12.3 Å². The van der Waals surface area contributed by atoms with Gasteiger partial charge in [0.2, 0.25) is 0 Å². The van der Waals surface area contributed by atoms with E-state index in [0.29, 0.717) is 12.2 Å². The van der Waals surface area contributed by atoms with Gasteiger partial charge in [-0.3, -0.25) is 0 Å². The molecule has 100 valence electrons. The number of anilines is 1. The molecule has 18 heavy (non-hydrogen) atoms. The highest BCUT2D eigenvalue weighted by atomic mass is 32.2. The first kappa shape index (κ1) is 13.3. The van der Waals surface area contributed by atoms with Crippen molar-refractivity contribution >= 4 is 15.7 Å². The summed E-state index contributed by atoms with van der Waals surface area (Å²) in [6.45, 7) is 1.98. The van der Waals surface area contributed by atoms with Crippen molar-refractivity contribution in [1.29, 1.82) is 0 Å². The SMILES string of the molecule is Cc1cnc(N)c(C2CCCC(S(C)(=O)=O)C2)c1. The van der Waals surface area contributed by atoms with Gasteiger partial charge in [0.05, 0.1) is 5.25 Å². The first-order valence-electron chi connectivity index (χ1n) is 6.29. The molecule has 0 radical (unpaired) electrons. The maximum Gasteiger partial charge on any atom is 0.150 e. The molecule has 0 bridgehead atoms. The van der Waals surface area contributed by atoms with Gasteiger partial charge in [0.25, 0.3) is 0 Å². The fourth-order valence-corrected chi connectivity index (χ4v) is 3.92. The monoisotopic (exact) mass is 268 g/mol. The molecule has 1 aromatic heterocycles. The van der Waals surface area contributed by atoms with Crippen LogP contribution in [0.1, 0.15) is 42.7 Å². The topological polar surface area (TPSA) is 73.0 Å². The van der Waals surface area contributed by atoms with Crippen LogP contribution in [0.3, 0.4) is 0 Å². The highest BCUT2D eigenvalue weighted by molar-refractivity contribution is 7.91. The van der Waals surface area contributed by atoms with E-state index in [-0.39, 0.29) is 11.2 Å². The molecule has 1 aromatic rings. The van der Waals surface area contributed by atoms with Crippen LogP contribution in [-0.2, 0) is 9.84 Å². The Hall–Kier alpha value is -1.10. The van der Waals surface area contributed by atoms with Gasteiger partial charge in [-0.2, -0.15) is 0 Å². The zero-order valence-electron chi connectivity index (χ0n) is 10.9. The largest absolute Gasteiger partial charge is 0.383 e. The molecule has 2 rings (SSSR count). The van der Waals surface area contributed by atoms with Gasteiger partial charge < -0.3 is 5.73 Å². The van der Waals surface area contributed by atoms with Crippen LogP contribution >= 0.6 is 0 Å². The number of aromatic nitrogens is 1. The molecule has 2 unspecified atom stereocenters. The number of pyridine rings is 1. The summed E-state index contributed by atoms with van der Waals surface area (Å²) < 4.78 is 23.3. The molecule has 0 aliphatic heterocycles. The van der Waals surface area contributed by atoms with Crippen LogP contribution < -0.4 is 5.73 Å². The van der Waals surface area contributed by atoms with Crippen molar-refractivity contribution in [2.24, 2.45) is 0 Å². The average molecular weight is 268 g/mol. The number of nitrogens with zero attached hydrogens (tertiary/aromatic N) is 1. The Bertz CT molecular complexity index is 540. The van der Waals surface area contributed by atoms with Crippen molar-refractivity contribution in [3.63, 3.8) is 0 Å². The second-order valence-corrected chi connectivity index (χ2v) is 7.63. The lowest BCUT2D eigenvalue weighted by atomic mass is 9.83.